The van der Waals surface area contributed by atoms with Crippen LogP contribution in [0.2, 0.25) is 0 Å². The van der Waals surface area contributed by atoms with E-state index in [1.165, 1.54) is 6.20 Å². The van der Waals surface area contributed by atoms with Gasteiger partial charge < -0.3 is 14.4 Å². The molecule has 5 nitrogen and oxygen atoms in total. The molecule has 0 radical (unpaired) electrons. The normalized spacial score (nSPS) is 12.8. The van der Waals surface area contributed by atoms with E-state index >= 15 is 0 Å². The van der Waals surface area contributed by atoms with E-state index in [4.69, 9.17) is 14.4 Å². The van der Waals surface area contributed by atoms with Gasteiger partial charge in [0, 0.05) is 6.61 Å². The van der Waals surface area contributed by atoms with Crippen LogP contribution in [0.1, 0.15) is 36.1 Å². The van der Waals surface area contributed by atoms with E-state index in [2.05, 4.69) is 5.16 Å². The van der Waals surface area contributed by atoms with Gasteiger partial charge in [-0.3, -0.25) is 0 Å². The van der Waals surface area contributed by atoms with Crippen LogP contribution in [0, 0.1) is 0 Å². The Hall–Kier alpha value is -1.36. The van der Waals surface area contributed by atoms with Gasteiger partial charge in [0.1, 0.15) is 11.7 Å². The van der Waals surface area contributed by atoms with Gasteiger partial charge in [0.05, 0.1) is 6.20 Å². The molecule has 0 fully saturated rings. The maximum absolute atomic E-state index is 10.6. The molecule has 72 valence electrons. The smallest absolute Gasteiger partial charge is 0.341 e. The van der Waals surface area contributed by atoms with Crippen LogP contribution in [0.4, 0.5) is 0 Å². The molecule has 0 aliphatic rings. The molecule has 0 bridgehead atoms. The number of rotatable bonds is 4. The molecule has 0 spiro atoms. The highest BCUT2D eigenvalue weighted by atomic mass is 16.5. The maximum atomic E-state index is 10.6. The maximum Gasteiger partial charge on any atom is 0.341 e. The summed E-state index contributed by atoms with van der Waals surface area (Å²) in [6.45, 7) is 4.05. The van der Waals surface area contributed by atoms with Crippen LogP contribution in [0.5, 0.6) is 0 Å². The minimum atomic E-state index is -1.05. The Morgan fingerprint density at radius 2 is 2.54 bits per heavy atom. The lowest BCUT2D eigenvalue weighted by Crippen LogP contribution is -2.05. The van der Waals surface area contributed by atoms with Gasteiger partial charge in [0.25, 0.3) is 0 Å². The Kier molecular flexibility index (Phi) is 3.02. The van der Waals surface area contributed by atoms with Gasteiger partial charge in [-0.05, 0) is 13.8 Å². The summed E-state index contributed by atoms with van der Waals surface area (Å²) in [7, 11) is 0. The second-order valence-corrected chi connectivity index (χ2v) is 2.51. The standard InChI is InChI=1S/C8H11NO4/c1-3-12-5(2)7-6(8(10)11)4-9-13-7/h4-5H,3H2,1-2H3,(H,10,11). The lowest BCUT2D eigenvalue weighted by Gasteiger charge is -2.07. The first-order valence-corrected chi connectivity index (χ1v) is 3.96. The minimum absolute atomic E-state index is 0.0564. The first-order chi connectivity index (χ1) is 6.16. The molecule has 1 rings (SSSR count). The molecule has 5 heteroatoms. The SMILES string of the molecule is CCOC(C)c1oncc1C(=O)O. The van der Waals surface area contributed by atoms with Crippen molar-refractivity contribution in [3.8, 4) is 0 Å². The summed E-state index contributed by atoms with van der Waals surface area (Å²) in [5.74, 6) is -0.794. The number of hydrogen-bond acceptors (Lipinski definition) is 4. The molecule has 0 aromatic carbocycles. The molecule has 1 N–H and O–H groups in total. The van der Waals surface area contributed by atoms with Gasteiger partial charge in [0.2, 0.25) is 0 Å². The Labute approximate surface area is 75.3 Å². The van der Waals surface area contributed by atoms with Gasteiger partial charge in [-0.2, -0.15) is 0 Å². The Balaban J connectivity index is 2.86. The van der Waals surface area contributed by atoms with Crippen LogP contribution < -0.4 is 0 Å². The van der Waals surface area contributed by atoms with Gasteiger partial charge in [-0.1, -0.05) is 5.16 Å². The summed E-state index contributed by atoms with van der Waals surface area (Å²) < 4.78 is 9.96. The monoisotopic (exact) mass is 185 g/mol. The van der Waals surface area contributed by atoms with E-state index < -0.39 is 5.97 Å². The molecule has 1 heterocycles. The zero-order chi connectivity index (χ0) is 9.84. The fraction of sp³-hybridized carbons (Fsp3) is 0.500. The number of hydrogen-bond donors (Lipinski definition) is 1. The van der Waals surface area contributed by atoms with Gasteiger partial charge in [-0.15, -0.1) is 0 Å². The molecular weight excluding hydrogens is 174 g/mol. The van der Waals surface area contributed by atoms with E-state index in [0.717, 1.165) is 0 Å². The summed E-state index contributed by atoms with van der Waals surface area (Å²) >= 11 is 0. The quantitative estimate of drug-likeness (QED) is 0.768. The molecule has 0 saturated carbocycles. The number of ether oxygens (including phenoxy) is 1. The van der Waals surface area contributed by atoms with Gasteiger partial charge in [0.15, 0.2) is 5.76 Å². The molecule has 1 aromatic heterocycles. The van der Waals surface area contributed by atoms with Crippen molar-refractivity contribution in [1.82, 2.24) is 5.16 Å². The Bertz CT molecular complexity index is 294. The van der Waals surface area contributed by atoms with Crippen LogP contribution in [-0.2, 0) is 4.74 Å². The predicted molar refractivity (Wildman–Crippen MR) is 43.5 cm³/mol. The van der Waals surface area contributed by atoms with Crippen molar-refractivity contribution >= 4 is 5.97 Å². The first-order valence-electron chi connectivity index (χ1n) is 3.96. The van der Waals surface area contributed by atoms with E-state index in [1.54, 1.807) is 6.92 Å². The molecular formula is C8H11NO4. The Morgan fingerprint density at radius 1 is 1.85 bits per heavy atom. The van der Waals surface area contributed by atoms with E-state index in [1.807, 2.05) is 6.92 Å². The van der Waals surface area contributed by atoms with Crippen LogP contribution in [-0.4, -0.2) is 22.8 Å². The number of aromatic carboxylic acids is 1. The fourth-order valence-corrected chi connectivity index (χ4v) is 1.03. The third kappa shape index (κ3) is 2.06. The molecule has 0 amide bonds. The summed E-state index contributed by atoms with van der Waals surface area (Å²) in [6.07, 6.45) is 0.797. The number of nitrogens with zero attached hydrogens (tertiary/aromatic N) is 1. The van der Waals surface area contributed by atoms with Crippen molar-refractivity contribution in [1.29, 1.82) is 0 Å². The van der Waals surface area contributed by atoms with Crippen molar-refractivity contribution in [3.63, 3.8) is 0 Å². The van der Waals surface area contributed by atoms with Crippen molar-refractivity contribution in [2.24, 2.45) is 0 Å². The van der Waals surface area contributed by atoms with Crippen molar-refractivity contribution in [2.45, 2.75) is 20.0 Å². The van der Waals surface area contributed by atoms with Crippen molar-refractivity contribution in [2.75, 3.05) is 6.61 Å². The summed E-state index contributed by atoms with van der Waals surface area (Å²) in [6, 6.07) is 0. The van der Waals surface area contributed by atoms with Gasteiger partial charge >= 0.3 is 5.97 Å². The van der Waals surface area contributed by atoms with Crippen LogP contribution in [0.15, 0.2) is 10.7 Å². The lowest BCUT2D eigenvalue weighted by atomic mass is 10.2. The van der Waals surface area contributed by atoms with Crippen molar-refractivity contribution < 1.29 is 19.2 Å². The van der Waals surface area contributed by atoms with Crippen LogP contribution in [0.25, 0.3) is 0 Å². The average molecular weight is 185 g/mol. The molecule has 1 unspecified atom stereocenters. The molecule has 1 aromatic rings. The zero-order valence-corrected chi connectivity index (χ0v) is 7.48. The predicted octanol–water partition coefficient (Wildman–Crippen LogP) is 1.47. The number of carboxylic acid groups (broad SMARTS) is 1. The largest absolute Gasteiger partial charge is 0.478 e. The highest BCUT2D eigenvalue weighted by Crippen LogP contribution is 2.20. The highest BCUT2D eigenvalue weighted by molar-refractivity contribution is 5.88. The number of carboxylic acids is 1. The van der Waals surface area contributed by atoms with Crippen LogP contribution >= 0.6 is 0 Å². The molecule has 13 heavy (non-hydrogen) atoms. The third-order valence-electron chi connectivity index (χ3n) is 1.61. The van der Waals surface area contributed by atoms with E-state index in [9.17, 15) is 4.79 Å². The van der Waals surface area contributed by atoms with Crippen LogP contribution in [0.3, 0.4) is 0 Å². The summed E-state index contributed by atoms with van der Waals surface area (Å²) in [5, 5.41) is 12.1. The highest BCUT2D eigenvalue weighted by Gasteiger charge is 2.20. The van der Waals surface area contributed by atoms with E-state index in [-0.39, 0.29) is 17.4 Å². The second kappa shape index (κ2) is 4.04. The second-order valence-electron chi connectivity index (χ2n) is 2.51. The first kappa shape index (κ1) is 9.73. The molecule has 0 aliphatic carbocycles. The molecule has 1 atom stereocenters. The Morgan fingerprint density at radius 3 is 3.08 bits per heavy atom. The van der Waals surface area contributed by atoms with Crippen molar-refractivity contribution in [3.05, 3.63) is 17.5 Å². The van der Waals surface area contributed by atoms with Gasteiger partial charge in [-0.25, -0.2) is 4.79 Å². The number of carbonyl (C=O) groups is 1. The molecule has 0 aliphatic heterocycles. The summed E-state index contributed by atoms with van der Waals surface area (Å²) in [4.78, 5) is 10.6. The molecule has 0 saturated heterocycles. The zero-order valence-electron chi connectivity index (χ0n) is 7.48. The average Bonchev–Trinajstić information content (AvgIpc) is 2.52. The third-order valence-corrected chi connectivity index (χ3v) is 1.61. The lowest BCUT2D eigenvalue weighted by molar-refractivity contribution is 0.0514. The van der Waals surface area contributed by atoms with E-state index in [0.29, 0.717) is 6.61 Å². The number of aromatic nitrogens is 1. The fourth-order valence-electron chi connectivity index (χ4n) is 1.03. The minimum Gasteiger partial charge on any atom is -0.478 e. The topological polar surface area (TPSA) is 72.6 Å². The summed E-state index contributed by atoms with van der Waals surface area (Å²) in [5.41, 5.74) is 0.0564.